The summed E-state index contributed by atoms with van der Waals surface area (Å²) in [6, 6.07) is 5.12. The van der Waals surface area contributed by atoms with Crippen molar-refractivity contribution in [2.45, 2.75) is 12.8 Å². The first kappa shape index (κ1) is 22.9. The van der Waals surface area contributed by atoms with Gasteiger partial charge in [0.2, 0.25) is 11.8 Å². The third-order valence-corrected chi connectivity index (χ3v) is 5.19. The molecule has 0 aliphatic carbocycles. The SMILES string of the molecule is COCCCNC(=O)CN1CCN(CCC(=O)Nc2c(Cl)cccc2Cl)CC1. The molecule has 0 radical (unpaired) electrons. The number of nitrogens with one attached hydrogen (secondary N) is 2. The van der Waals surface area contributed by atoms with Crippen LogP contribution in [-0.4, -0.2) is 81.1 Å². The van der Waals surface area contributed by atoms with E-state index in [0.717, 1.165) is 32.6 Å². The molecule has 0 aromatic heterocycles. The zero-order valence-electron chi connectivity index (χ0n) is 16.2. The Labute approximate surface area is 176 Å². The Hall–Kier alpha value is -1.38. The number of hydrogen-bond donors (Lipinski definition) is 2. The van der Waals surface area contributed by atoms with Crippen LogP contribution in [0.2, 0.25) is 10.0 Å². The largest absolute Gasteiger partial charge is 0.385 e. The van der Waals surface area contributed by atoms with E-state index in [1.807, 2.05) is 0 Å². The lowest BCUT2D eigenvalue weighted by Gasteiger charge is -2.34. The zero-order valence-corrected chi connectivity index (χ0v) is 17.7. The molecule has 1 saturated heterocycles. The number of carbonyl (C=O) groups is 2. The Balaban J connectivity index is 1.63. The van der Waals surface area contributed by atoms with E-state index in [4.69, 9.17) is 27.9 Å². The van der Waals surface area contributed by atoms with Gasteiger partial charge in [0.25, 0.3) is 0 Å². The van der Waals surface area contributed by atoms with Crippen molar-refractivity contribution < 1.29 is 14.3 Å². The number of benzene rings is 1. The maximum atomic E-state index is 12.2. The van der Waals surface area contributed by atoms with Crippen LogP contribution in [0, 0.1) is 0 Å². The molecule has 7 nitrogen and oxygen atoms in total. The second-order valence-corrected chi connectivity index (χ2v) is 7.52. The van der Waals surface area contributed by atoms with E-state index in [0.29, 0.717) is 48.4 Å². The third-order valence-electron chi connectivity index (χ3n) is 4.56. The van der Waals surface area contributed by atoms with Crippen molar-refractivity contribution in [1.29, 1.82) is 0 Å². The minimum absolute atomic E-state index is 0.0422. The first-order valence-electron chi connectivity index (χ1n) is 9.44. The zero-order chi connectivity index (χ0) is 20.4. The van der Waals surface area contributed by atoms with Gasteiger partial charge in [-0.2, -0.15) is 0 Å². The lowest BCUT2D eigenvalue weighted by atomic mass is 10.2. The maximum absolute atomic E-state index is 12.2. The van der Waals surface area contributed by atoms with Crippen molar-refractivity contribution in [3.8, 4) is 0 Å². The Morgan fingerprint density at radius 1 is 1.07 bits per heavy atom. The fraction of sp³-hybridized carbons (Fsp3) is 0.579. The first-order chi connectivity index (χ1) is 13.5. The lowest BCUT2D eigenvalue weighted by molar-refractivity contribution is -0.122. The Morgan fingerprint density at radius 3 is 2.36 bits per heavy atom. The van der Waals surface area contributed by atoms with Crippen molar-refractivity contribution in [2.75, 3.05) is 64.8 Å². The van der Waals surface area contributed by atoms with Crippen LogP contribution in [0.4, 0.5) is 5.69 Å². The van der Waals surface area contributed by atoms with Gasteiger partial charge in [-0.25, -0.2) is 0 Å². The topological polar surface area (TPSA) is 73.9 Å². The average Bonchev–Trinajstić information content (AvgIpc) is 2.68. The average molecular weight is 431 g/mol. The summed E-state index contributed by atoms with van der Waals surface area (Å²) in [6.45, 7) is 5.63. The van der Waals surface area contributed by atoms with Crippen molar-refractivity contribution in [1.82, 2.24) is 15.1 Å². The smallest absolute Gasteiger partial charge is 0.234 e. The molecule has 9 heteroatoms. The summed E-state index contributed by atoms with van der Waals surface area (Å²) in [5.41, 5.74) is 0.456. The van der Waals surface area contributed by atoms with Crippen molar-refractivity contribution in [3.05, 3.63) is 28.2 Å². The highest BCUT2D eigenvalue weighted by Crippen LogP contribution is 2.29. The van der Waals surface area contributed by atoms with Crippen LogP contribution in [0.3, 0.4) is 0 Å². The number of carbonyl (C=O) groups excluding carboxylic acids is 2. The second kappa shape index (κ2) is 12.2. The maximum Gasteiger partial charge on any atom is 0.234 e. The minimum Gasteiger partial charge on any atom is -0.385 e. The van der Waals surface area contributed by atoms with Crippen molar-refractivity contribution in [2.24, 2.45) is 0 Å². The van der Waals surface area contributed by atoms with E-state index in [9.17, 15) is 9.59 Å². The molecule has 0 atom stereocenters. The van der Waals surface area contributed by atoms with Crippen molar-refractivity contribution in [3.63, 3.8) is 0 Å². The molecule has 2 rings (SSSR count). The van der Waals surface area contributed by atoms with Gasteiger partial charge in [0.1, 0.15) is 0 Å². The standard InChI is InChI=1S/C19H28Cl2N4O3/c1-28-13-3-7-22-18(27)14-25-11-9-24(10-12-25)8-6-17(26)23-19-15(20)4-2-5-16(19)21/h2,4-5H,3,6-14H2,1H3,(H,22,27)(H,23,26). The summed E-state index contributed by atoms with van der Waals surface area (Å²) in [4.78, 5) is 28.5. The summed E-state index contributed by atoms with van der Waals surface area (Å²) in [5, 5.41) is 6.53. The van der Waals surface area contributed by atoms with Crippen LogP contribution >= 0.6 is 23.2 Å². The van der Waals surface area contributed by atoms with Crippen LogP contribution in [0.25, 0.3) is 0 Å². The van der Waals surface area contributed by atoms with Gasteiger partial charge in [-0.15, -0.1) is 0 Å². The molecule has 2 N–H and O–H groups in total. The molecule has 1 aliphatic heterocycles. The number of nitrogens with zero attached hydrogens (tertiary/aromatic N) is 2. The Bertz CT molecular complexity index is 632. The van der Waals surface area contributed by atoms with Gasteiger partial charge in [0, 0.05) is 59.4 Å². The molecule has 2 amide bonds. The molecule has 1 aliphatic rings. The molecule has 0 unspecified atom stereocenters. The molecule has 0 spiro atoms. The molecule has 156 valence electrons. The number of anilines is 1. The summed E-state index contributed by atoms with van der Waals surface area (Å²) in [6.07, 6.45) is 1.18. The van der Waals surface area contributed by atoms with E-state index >= 15 is 0 Å². The van der Waals surface area contributed by atoms with Crippen LogP contribution in [-0.2, 0) is 14.3 Å². The summed E-state index contributed by atoms with van der Waals surface area (Å²) < 4.78 is 4.96. The lowest BCUT2D eigenvalue weighted by Crippen LogP contribution is -2.49. The highest BCUT2D eigenvalue weighted by molar-refractivity contribution is 6.39. The molecular weight excluding hydrogens is 403 g/mol. The van der Waals surface area contributed by atoms with Gasteiger partial charge < -0.3 is 20.3 Å². The van der Waals surface area contributed by atoms with Gasteiger partial charge in [0.15, 0.2) is 0 Å². The van der Waals surface area contributed by atoms with Gasteiger partial charge in [-0.05, 0) is 18.6 Å². The molecule has 1 heterocycles. The molecule has 0 bridgehead atoms. The van der Waals surface area contributed by atoms with Crippen LogP contribution in [0.15, 0.2) is 18.2 Å². The number of piperazine rings is 1. The Kier molecular flexibility index (Phi) is 10.0. The summed E-state index contributed by atoms with van der Waals surface area (Å²) in [5.74, 6) is -0.0755. The predicted octanol–water partition coefficient (Wildman–Crippen LogP) is 2.09. The van der Waals surface area contributed by atoms with E-state index < -0.39 is 0 Å². The van der Waals surface area contributed by atoms with E-state index in [1.54, 1.807) is 25.3 Å². The minimum atomic E-state index is -0.118. The number of methoxy groups -OCH3 is 1. The molecule has 1 fully saturated rings. The van der Waals surface area contributed by atoms with E-state index in [-0.39, 0.29) is 11.8 Å². The second-order valence-electron chi connectivity index (χ2n) is 6.71. The van der Waals surface area contributed by atoms with Crippen LogP contribution in [0.1, 0.15) is 12.8 Å². The monoisotopic (exact) mass is 430 g/mol. The fourth-order valence-corrected chi connectivity index (χ4v) is 3.45. The third kappa shape index (κ3) is 7.93. The summed E-state index contributed by atoms with van der Waals surface area (Å²) in [7, 11) is 1.65. The van der Waals surface area contributed by atoms with Crippen LogP contribution < -0.4 is 10.6 Å². The molecule has 1 aromatic carbocycles. The predicted molar refractivity (Wildman–Crippen MR) is 112 cm³/mol. The van der Waals surface area contributed by atoms with E-state index in [1.165, 1.54) is 0 Å². The number of ether oxygens (including phenoxy) is 1. The van der Waals surface area contributed by atoms with Crippen LogP contribution in [0.5, 0.6) is 0 Å². The molecular formula is C19H28Cl2N4O3. The number of halogens is 2. The van der Waals surface area contributed by atoms with Gasteiger partial charge in [0.05, 0.1) is 22.3 Å². The number of rotatable bonds is 10. The quantitative estimate of drug-likeness (QED) is 0.555. The van der Waals surface area contributed by atoms with Gasteiger partial charge in [-0.3, -0.25) is 14.5 Å². The highest BCUT2D eigenvalue weighted by atomic mass is 35.5. The normalized spacial score (nSPS) is 15.4. The first-order valence-corrected chi connectivity index (χ1v) is 10.2. The Morgan fingerprint density at radius 2 is 1.71 bits per heavy atom. The van der Waals surface area contributed by atoms with Gasteiger partial charge >= 0.3 is 0 Å². The number of hydrogen-bond acceptors (Lipinski definition) is 5. The van der Waals surface area contributed by atoms with E-state index in [2.05, 4.69) is 20.4 Å². The van der Waals surface area contributed by atoms with Gasteiger partial charge in [-0.1, -0.05) is 29.3 Å². The fourth-order valence-electron chi connectivity index (χ4n) is 2.95. The highest BCUT2D eigenvalue weighted by Gasteiger charge is 2.19. The molecule has 1 aromatic rings. The number of amides is 2. The summed E-state index contributed by atoms with van der Waals surface area (Å²) >= 11 is 12.1. The van der Waals surface area contributed by atoms with Crippen molar-refractivity contribution >= 4 is 40.7 Å². The molecule has 28 heavy (non-hydrogen) atoms. The number of para-hydroxylation sites is 1. The molecule has 0 saturated carbocycles.